The van der Waals surface area contributed by atoms with Gasteiger partial charge in [-0.05, 0) is 38.5 Å². The van der Waals surface area contributed by atoms with Crippen LogP contribution in [0.4, 0.5) is 0 Å². The summed E-state index contributed by atoms with van der Waals surface area (Å²) in [6, 6.07) is -0.615. The van der Waals surface area contributed by atoms with E-state index in [4.69, 9.17) is 14.2 Å². The van der Waals surface area contributed by atoms with E-state index < -0.39 is 18.1 Å². The van der Waals surface area contributed by atoms with E-state index in [9.17, 15) is 19.5 Å². The molecule has 2 unspecified atom stereocenters. The third kappa shape index (κ3) is 35.5. The van der Waals surface area contributed by atoms with Crippen LogP contribution in [0.2, 0.25) is 0 Å². The fourth-order valence-electron chi connectivity index (χ4n) is 6.66. The van der Waals surface area contributed by atoms with E-state index in [1.54, 1.807) is 0 Å². The molecule has 54 heavy (non-hydrogen) atoms. The summed E-state index contributed by atoms with van der Waals surface area (Å²) in [4.78, 5) is 36.8. The number of esters is 2. The standard InChI is InChI=1S/C46H85NO7/c1-6-8-10-12-14-16-17-18-19-20-21-22-23-24-25-26-27-29-31-33-35-37-45(49)54-42(40-52-39-38-43(46(50)51)47(3,4)5)41-53-44(48)36-34-32-30-28-15-13-11-9-7-2/h9,11,15,28,42-43H,6-8,10,12-14,16-27,29-41H2,1-5H3/p+1/b11-9+,28-15+. The Labute approximate surface area is 332 Å². The molecule has 316 valence electrons. The van der Waals surface area contributed by atoms with E-state index >= 15 is 0 Å². The minimum Gasteiger partial charge on any atom is -0.477 e. The van der Waals surface area contributed by atoms with Gasteiger partial charge in [0.05, 0.1) is 34.4 Å². The van der Waals surface area contributed by atoms with Gasteiger partial charge in [-0.2, -0.15) is 0 Å². The average molecular weight is 765 g/mol. The van der Waals surface area contributed by atoms with Crippen LogP contribution in [0.15, 0.2) is 24.3 Å². The first-order valence-electron chi connectivity index (χ1n) is 22.4. The van der Waals surface area contributed by atoms with Crippen LogP contribution in [0.1, 0.15) is 200 Å². The molecule has 0 aromatic carbocycles. The Hall–Kier alpha value is -2.19. The molecule has 8 heteroatoms. The Morgan fingerprint density at radius 1 is 0.574 bits per heavy atom. The van der Waals surface area contributed by atoms with E-state index in [-0.39, 0.29) is 36.2 Å². The Balaban J connectivity index is 4.20. The van der Waals surface area contributed by atoms with Crippen LogP contribution in [0.5, 0.6) is 0 Å². The summed E-state index contributed by atoms with van der Waals surface area (Å²) in [5.41, 5.74) is 0. The lowest BCUT2D eigenvalue weighted by molar-refractivity contribution is -0.887. The van der Waals surface area contributed by atoms with Crippen LogP contribution in [0, 0.1) is 0 Å². The number of quaternary nitrogens is 1. The fourth-order valence-corrected chi connectivity index (χ4v) is 6.66. The van der Waals surface area contributed by atoms with Crippen molar-refractivity contribution in [3.63, 3.8) is 0 Å². The van der Waals surface area contributed by atoms with Gasteiger partial charge in [-0.3, -0.25) is 9.59 Å². The Morgan fingerprint density at radius 2 is 1.04 bits per heavy atom. The summed E-state index contributed by atoms with van der Waals surface area (Å²) in [7, 11) is 5.52. The summed E-state index contributed by atoms with van der Waals surface area (Å²) in [6.07, 6.45) is 41.0. The molecule has 0 aliphatic heterocycles. The van der Waals surface area contributed by atoms with Crippen LogP contribution in [-0.4, -0.2) is 80.6 Å². The molecular weight excluding hydrogens is 679 g/mol. The van der Waals surface area contributed by atoms with Crippen LogP contribution >= 0.6 is 0 Å². The SMILES string of the molecule is CC/C=C/C/C=C/CCCCC(=O)OCC(COCCC(C(=O)O)[N+](C)(C)C)OC(=O)CCCCCCCCCCCCCCCCCCCCCCC. The topological polar surface area (TPSA) is 99.1 Å². The van der Waals surface area contributed by atoms with Crippen LogP contribution in [0.3, 0.4) is 0 Å². The second kappa shape index (κ2) is 37.7. The number of carbonyl (C=O) groups excluding carboxylic acids is 2. The number of nitrogens with zero attached hydrogens (tertiary/aromatic N) is 1. The number of rotatable bonds is 40. The number of carboxylic acid groups (broad SMARTS) is 1. The Kier molecular flexibility index (Phi) is 36.2. The summed E-state index contributed by atoms with van der Waals surface area (Å²) >= 11 is 0. The molecule has 0 heterocycles. The van der Waals surface area contributed by atoms with Gasteiger partial charge in [0.15, 0.2) is 12.1 Å². The highest BCUT2D eigenvalue weighted by Gasteiger charge is 2.31. The molecule has 1 N–H and O–H groups in total. The highest BCUT2D eigenvalue weighted by atomic mass is 16.6. The number of carboxylic acids is 1. The van der Waals surface area contributed by atoms with Crippen molar-refractivity contribution >= 4 is 17.9 Å². The quantitative estimate of drug-likeness (QED) is 0.0287. The van der Waals surface area contributed by atoms with Crippen molar-refractivity contribution < 1.29 is 38.2 Å². The van der Waals surface area contributed by atoms with E-state index in [1.165, 1.54) is 116 Å². The Bertz CT molecular complexity index is 942. The lowest BCUT2D eigenvalue weighted by Crippen LogP contribution is -2.50. The van der Waals surface area contributed by atoms with E-state index in [2.05, 4.69) is 38.2 Å². The summed E-state index contributed by atoms with van der Waals surface area (Å²) in [5.74, 6) is -1.50. The lowest BCUT2D eigenvalue weighted by Gasteiger charge is -2.31. The van der Waals surface area contributed by atoms with Gasteiger partial charge in [-0.25, -0.2) is 4.79 Å². The van der Waals surface area contributed by atoms with Crippen molar-refractivity contribution in [3.8, 4) is 0 Å². The largest absolute Gasteiger partial charge is 0.477 e. The third-order valence-electron chi connectivity index (χ3n) is 10.1. The normalized spacial score (nSPS) is 13.1. The molecule has 0 aromatic rings. The first-order valence-corrected chi connectivity index (χ1v) is 22.4. The molecular formula is C46H86NO7+. The first-order chi connectivity index (χ1) is 26.1. The molecule has 0 saturated heterocycles. The maximum atomic E-state index is 12.7. The van der Waals surface area contributed by atoms with Gasteiger partial charge in [-0.1, -0.05) is 167 Å². The predicted octanol–water partition coefficient (Wildman–Crippen LogP) is 12.1. The molecule has 0 bridgehead atoms. The number of allylic oxidation sites excluding steroid dienone is 4. The number of likely N-dealkylation sites (N-methyl/N-ethyl adjacent to an activating group) is 1. The van der Waals surface area contributed by atoms with Gasteiger partial charge in [0, 0.05) is 19.3 Å². The maximum absolute atomic E-state index is 12.7. The van der Waals surface area contributed by atoms with Crippen LogP contribution in [-0.2, 0) is 28.6 Å². The molecule has 0 aliphatic carbocycles. The molecule has 0 radical (unpaired) electrons. The average Bonchev–Trinajstić information content (AvgIpc) is 3.12. The number of carbonyl (C=O) groups is 3. The number of unbranched alkanes of at least 4 members (excludes halogenated alkanes) is 22. The van der Waals surface area contributed by atoms with Gasteiger partial charge in [0.1, 0.15) is 6.61 Å². The summed E-state index contributed by atoms with van der Waals surface area (Å²) in [5, 5.41) is 9.60. The molecule has 0 aliphatic rings. The Morgan fingerprint density at radius 3 is 1.52 bits per heavy atom. The van der Waals surface area contributed by atoms with Crippen LogP contribution < -0.4 is 0 Å². The smallest absolute Gasteiger partial charge is 0.362 e. The van der Waals surface area contributed by atoms with Crippen LogP contribution in [0.25, 0.3) is 0 Å². The van der Waals surface area contributed by atoms with Crippen molar-refractivity contribution in [1.29, 1.82) is 0 Å². The third-order valence-corrected chi connectivity index (χ3v) is 10.1. The molecule has 2 atom stereocenters. The summed E-state index contributed by atoms with van der Waals surface area (Å²) in [6.45, 7) is 4.59. The predicted molar refractivity (Wildman–Crippen MR) is 225 cm³/mol. The van der Waals surface area contributed by atoms with Gasteiger partial charge in [-0.15, -0.1) is 0 Å². The van der Waals surface area contributed by atoms with Crippen molar-refractivity contribution in [2.75, 3.05) is 41.0 Å². The molecule has 8 nitrogen and oxygen atoms in total. The van der Waals surface area contributed by atoms with E-state index in [0.717, 1.165) is 51.4 Å². The highest BCUT2D eigenvalue weighted by molar-refractivity contribution is 5.72. The molecule has 0 amide bonds. The molecule has 0 aromatic heterocycles. The number of hydrogen-bond acceptors (Lipinski definition) is 6. The zero-order valence-electron chi connectivity index (χ0n) is 35.9. The number of hydrogen-bond donors (Lipinski definition) is 1. The zero-order valence-corrected chi connectivity index (χ0v) is 35.9. The molecule has 0 rings (SSSR count). The highest BCUT2D eigenvalue weighted by Crippen LogP contribution is 2.16. The second-order valence-corrected chi connectivity index (χ2v) is 16.3. The summed E-state index contributed by atoms with van der Waals surface area (Å²) < 4.78 is 17.2. The van der Waals surface area contributed by atoms with Gasteiger partial charge in [0.25, 0.3) is 0 Å². The fraction of sp³-hybridized carbons (Fsp3) is 0.848. The molecule has 0 fully saturated rings. The molecule has 0 spiro atoms. The minimum absolute atomic E-state index is 0.0546. The number of aliphatic carboxylic acids is 1. The van der Waals surface area contributed by atoms with Gasteiger partial charge >= 0.3 is 17.9 Å². The van der Waals surface area contributed by atoms with Gasteiger partial charge in [0.2, 0.25) is 0 Å². The minimum atomic E-state index is -0.878. The first kappa shape index (κ1) is 51.8. The van der Waals surface area contributed by atoms with Crippen molar-refractivity contribution in [3.05, 3.63) is 24.3 Å². The van der Waals surface area contributed by atoms with Gasteiger partial charge < -0.3 is 23.8 Å². The zero-order chi connectivity index (χ0) is 40.0. The van der Waals surface area contributed by atoms with Crippen molar-refractivity contribution in [2.24, 2.45) is 0 Å². The second-order valence-electron chi connectivity index (χ2n) is 16.3. The van der Waals surface area contributed by atoms with E-state index in [0.29, 0.717) is 19.3 Å². The van der Waals surface area contributed by atoms with Crippen molar-refractivity contribution in [2.45, 2.75) is 212 Å². The maximum Gasteiger partial charge on any atom is 0.362 e. The number of ether oxygens (including phenoxy) is 3. The van der Waals surface area contributed by atoms with Crippen molar-refractivity contribution in [1.82, 2.24) is 0 Å². The lowest BCUT2D eigenvalue weighted by atomic mass is 10.0. The molecule has 0 saturated carbocycles. The van der Waals surface area contributed by atoms with E-state index in [1.807, 2.05) is 21.1 Å². The monoisotopic (exact) mass is 765 g/mol.